The molecule has 148 valence electrons. The van der Waals surface area contributed by atoms with Crippen LogP contribution in [0.3, 0.4) is 0 Å². The molecule has 0 radical (unpaired) electrons. The van der Waals surface area contributed by atoms with Crippen molar-refractivity contribution >= 4 is 23.2 Å². The number of hydrogen-bond donors (Lipinski definition) is 2. The average Bonchev–Trinajstić information content (AvgIpc) is 2.74. The van der Waals surface area contributed by atoms with Gasteiger partial charge in [-0.25, -0.2) is 0 Å². The lowest BCUT2D eigenvalue weighted by atomic mass is 10.2. The van der Waals surface area contributed by atoms with E-state index in [0.717, 1.165) is 11.3 Å². The molecule has 2 N–H and O–H groups in total. The van der Waals surface area contributed by atoms with Crippen molar-refractivity contribution in [3.8, 4) is 11.5 Å². The Bertz CT molecular complexity index is 1000. The second-order valence-corrected chi connectivity index (χ2v) is 6.33. The van der Waals surface area contributed by atoms with Gasteiger partial charge in [-0.15, -0.1) is 0 Å². The molecule has 0 aliphatic carbocycles. The number of amides is 2. The van der Waals surface area contributed by atoms with Crippen LogP contribution in [0.25, 0.3) is 0 Å². The molecule has 3 aromatic rings. The van der Waals surface area contributed by atoms with Crippen LogP contribution in [-0.4, -0.2) is 25.5 Å². The van der Waals surface area contributed by atoms with Gasteiger partial charge in [0.2, 0.25) is 0 Å². The maximum atomic E-state index is 12.4. The van der Waals surface area contributed by atoms with E-state index in [0.29, 0.717) is 22.7 Å². The molecule has 0 spiro atoms. The molecule has 0 unspecified atom stereocenters. The fourth-order valence-electron chi connectivity index (χ4n) is 2.69. The quantitative estimate of drug-likeness (QED) is 0.632. The van der Waals surface area contributed by atoms with Crippen molar-refractivity contribution < 1.29 is 19.1 Å². The third-order valence-electron chi connectivity index (χ3n) is 4.26. The highest BCUT2D eigenvalue weighted by atomic mass is 16.5. The number of para-hydroxylation sites is 3. The van der Waals surface area contributed by atoms with Crippen molar-refractivity contribution in [2.75, 3.05) is 24.4 Å². The molecule has 0 atom stereocenters. The summed E-state index contributed by atoms with van der Waals surface area (Å²) in [5, 5.41) is 5.62. The topological polar surface area (TPSA) is 76.7 Å². The summed E-state index contributed by atoms with van der Waals surface area (Å²) in [6, 6.07) is 21.3. The van der Waals surface area contributed by atoms with E-state index in [4.69, 9.17) is 9.47 Å². The van der Waals surface area contributed by atoms with E-state index in [1.165, 1.54) is 0 Å². The highest BCUT2D eigenvalue weighted by Gasteiger charge is 2.10. The average molecular weight is 390 g/mol. The maximum absolute atomic E-state index is 12.4. The summed E-state index contributed by atoms with van der Waals surface area (Å²) >= 11 is 0. The molecule has 6 nitrogen and oxygen atoms in total. The molecule has 0 fully saturated rings. The molecular formula is C23H22N2O4. The zero-order valence-electron chi connectivity index (χ0n) is 16.3. The summed E-state index contributed by atoms with van der Waals surface area (Å²) in [5.74, 6) is 0.565. The molecule has 0 saturated carbocycles. The van der Waals surface area contributed by atoms with Gasteiger partial charge in [0.05, 0.1) is 12.8 Å². The zero-order valence-corrected chi connectivity index (χ0v) is 16.3. The number of hydrogen-bond acceptors (Lipinski definition) is 4. The van der Waals surface area contributed by atoms with E-state index in [9.17, 15) is 9.59 Å². The number of ether oxygens (including phenoxy) is 2. The van der Waals surface area contributed by atoms with Crippen LogP contribution < -0.4 is 20.1 Å². The maximum Gasteiger partial charge on any atom is 0.262 e. The molecule has 29 heavy (non-hydrogen) atoms. The fourth-order valence-corrected chi connectivity index (χ4v) is 2.69. The Morgan fingerprint density at radius 3 is 2.17 bits per heavy atom. The Balaban J connectivity index is 1.55. The number of aryl methyl sites for hydroxylation is 1. The van der Waals surface area contributed by atoms with Gasteiger partial charge in [0, 0.05) is 11.3 Å². The van der Waals surface area contributed by atoms with Gasteiger partial charge in [-0.1, -0.05) is 30.3 Å². The molecule has 0 saturated heterocycles. The highest BCUT2D eigenvalue weighted by molar-refractivity contribution is 6.05. The fraction of sp³-hybridized carbons (Fsp3) is 0.130. The van der Waals surface area contributed by atoms with Crippen molar-refractivity contribution in [3.05, 3.63) is 83.9 Å². The van der Waals surface area contributed by atoms with Crippen LogP contribution in [0.4, 0.5) is 11.4 Å². The van der Waals surface area contributed by atoms with Crippen LogP contribution in [0.15, 0.2) is 72.8 Å². The Morgan fingerprint density at radius 2 is 1.48 bits per heavy atom. The number of rotatable bonds is 7. The first kappa shape index (κ1) is 19.9. The summed E-state index contributed by atoms with van der Waals surface area (Å²) in [6.45, 7) is 1.80. The van der Waals surface area contributed by atoms with Crippen molar-refractivity contribution in [1.29, 1.82) is 0 Å². The standard InChI is InChI=1S/C23H22N2O4/c1-16-7-3-4-8-19(16)24-22(26)15-29-18-13-11-17(12-14-18)23(27)25-20-9-5-6-10-21(20)28-2/h3-14H,15H2,1-2H3,(H,24,26)(H,25,27). The van der Waals surface area contributed by atoms with Crippen LogP contribution in [0, 0.1) is 6.92 Å². The van der Waals surface area contributed by atoms with E-state index in [2.05, 4.69) is 10.6 Å². The van der Waals surface area contributed by atoms with E-state index in [-0.39, 0.29) is 18.4 Å². The zero-order chi connectivity index (χ0) is 20.6. The number of carbonyl (C=O) groups is 2. The summed E-state index contributed by atoms with van der Waals surface area (Å²) in [5.41, 5.74) is 2.79. The van der Waals surface area contributed by atoms with Crippen LogP contribution in [0.5, 0.6) is 11.5 Å². The SMILES string of the molecule is COc1ccccc1NC(=O)c1ccc(OCC(=O)Nc2ccccc2C)cc1. The van der Waals surface area contributed by atoms with Gasteiger partial charge in [0.1, 0.15) is 11.5 Å². The molecule has 6 heteroatoms. The lowest BCUT2D eigenvalue weighted by molar-refractivity contribution is -0.118. The minimum atomic E-state index is -0.265. The Labute approximate surface area is 169 Å². The molecule has 0 bridgehead atoms. The first-order chi connectivity index (χ1) is 14.1. The van der Waals surface area contributed by atoms with Crippen molar-refractivity contribution in [2.24, 2.45) is 0 Å². The normalized spacial score (nSPS) is 10.1. The Morgan fingerprint density at radius 1 is 0.828 bits per heavy atom. The lowest BCUT2D eigenvalue weighted by Gasteiger charge is -2.11. The third-order valence-corrected chi connectivity index (χ3v) is 4.26. The van der Waals surface area contributed by atoms with Crippen LogP contribution in [-0.2, 0) is 4.79 Å². The van der Waals surface area contributed by atoms with E-state index in [1.807, 2.05) is 43.3 Å². The van der Waals surface area contributed by atoms with Crippen molar-refractivity contribution in [2.45, 2.75) is 6.92 Å². The van der Waals surface area contributed by atoms with Crippen LogP contribution in [0.1, 0.15) is 15.9 Å². The van der Waals surface area contributed by atoms with Crippen molar-refractivity contribution in [1.82, 2.24) is 0 Å². The number of carbonyl (C=O) groups excluding carboxylic acids is 2. The van der Waals surface area contributed by atoms with Gasteiger partial charge in [-0.05, 0) is 55.0 Å². The number of nitrogens with one attached hydrogen (secondary N) is 2. The second-order valence-electron chi connectivity index (χ2n) is 6.33. The predicted molar refractivity (Wildman–Crippen MR) is 113 cm³/mol. The first-order valence-corrected chi connectivity index (χ1v) is 9.09. The predicted octanol–water partition coefficient (Wildman–Crippen LogP) is 4.27. The number of methoxy groups -OCH3 is 1. The van der Waals surface area contributed by atoms with Gasteiger partial charge in [-0.3, -0.25) is 9.59 Å². The summed E-state index contributed by atoms with van der Waals surface area (Å²) in [6.07, 6.45) is 0. The van der Waals surface area contributed by atoms with Gasteiger partial charge in [0.25, 0.3) is 11.8 Å². The number of benzene rings is 3. The number of anilines is 2. The van der Waals surface area contributed by atoms with Gasteiger partial charge in [-0.2, -0.15) is 0 Å². The van der Waals surface area contributed by atoms with Crippen LogP contribution >= 0.6 is 0 Å². The molecular weight excluding hydrogens is 368 g/mol. The largest absolute Gasteiger partial charge is 0.495 e. The van der Waals surface area contributed by atoms with Gasteiger partial charge in [0.15, 0.2) is 6.61 Å². The molecule has 0 aromatic heterocycles. The summed E-state index contributed by atoms with van der Waals surface area (Å²) in [4.78, 5) is 24.5. The molecule has 0 heterocycles. The lowest BCUT2D eigenvalue weighted by Crippen LogP contribution is -2.20. The van der Waals surface area contributed by atoms with Crippen molar-refractivity contribution in [3.63, 3.8) is 0 Å². The monoisotopic (exact) mass is 390 g/mol. The third kappa shape index (κ3) is 5.35. The second kappa shape index (κ2) is 9.41. The highest BCUT2D eigenvalue weighted by Crippen LogP contribution is 2.24. The minimum Gasteiger partial charge on any atom is -0.495 e. The smallest absolute Gasteiger partial charge is 0.262 e. The van der Waals surface area contributed by atoms with E-state index in [1.54, 1.807) is 43.5 Å². The molecule has 0 aliphatic rings. The Kier molecular flexibility index (Phi) is 6.47. The van der Waals surface area contributed by atoms with E-state index >= 15 is 0 Å². The minimum absolute atomic E-state index is 0.124. The van der Waals surface area contributed by atoms with Crippen LogP contribution in [0.2, 0.25) is 0 Å². The molecule has 2 amide bonds. The summed E-state index contributed by atoms with van der Waals surface area (Å²) < 4.78 is 10.7. The van der Waals surface area contributed by atoms with Gasteiger partial charge >= 0.3 is 0 Å². The summed E-state index contributed by atoms with van der Waals surface area (Å²) in [7, 11) is 1.55. The van der Waals surface area contributed by atoms with E-state index < -0.39 is 0 Å². The first-order valence-electron chi connectivity index (χ1n) is 9.09. The Hall–Kier alpha value is -3.80. The molecule has 0 aliphatic heterocycles. The molecule has 3 rings (SSSR count). The van der Waals surface area contributed by atoms with Gasteiger partial charge < -0.3 is 20.1 Å². The molecule has 3 aromatic carbocycles.